The average molecular weight is 274 g/mol. The number of hydrogen-bond acceptors (Lipinski definition) is 2. The van der Waals surface area contributed by atoms with Crippen molar-refractivity contribution in [1.82, 2.24) is 10.2 Å². The van der Waals surface area contributed by atoms with Crippen LogP contribution in [0.3, 0.4) is 0 Å². The minimum Gasteiger partial charge on any atom is -0.337 e. The fourth-order valence-electron chi connectivity index (χ4n) is 2.86. The molecular weight excluding hydrogens is 248 g/mol. The molecule has 1 heterocycles. The van der Waals surface area contributed by atoms with Crippen LogP contribution in [0.25, 0.3) is 0 Å². The van der Waals surface area contributed by atoms with E-state index in [2.05, 4.69) is 18.3 Å². The van der Waals surface area contributed by atoms with Gasteiger partial charge in [-0.25, -0.2) is 0 Å². The van der Waals surface area contributed by atoms with Crippen molar-refractivity contribution in [2.24, 2.45) is 0 Å². The third-order valence-corrected chi connectivity index (χ3v) is 4.01. The maximum atomic E-state index is 12.8. The molecule has 1 aromatic carbocycles. The van der Waals surface area contributed by atoms with Gasteiger partial charge in [0.1, 0.15) is 0 Å². The smallest absolute Gasteiger partial charge is 0.254 e. The summed E-state index contributed by atoms with van der Waals surface area (Å²) in [5.74, 6) is 0.182. The number of hydrogen-bond donors (Lipinski definition) is 1. The van der Waals surface area contributed by atoms with Crippen LogP contribution in [0.15, 0.2) is 18.2 Å². The van der Waals surface area contributed by atoms with Gasteiger partial charge < -0.3 is 10.2 Å². The van der Waals surface area contributed by atoms with Crippen molar-refractivity contribution >= 4 is 5.91 Å². The minimum atomic E-state index is 0.182. The number of carbonyl (C=O) groups excluding carboxylic acids is 1. The minimum absolute atomic E-state index is 0.182. The molecular formula is C17H26N2O. The molecule has 110 valence electrons. The van der Waals surface area contributed by atoms with E-state index in [1.807, 2.05) is 30.9 Å². The molecule has 1 aliphatic heterocycles. The number of rotatable bonds is 5. The summed E-state index contributed by atoms with van der Waals surface area (Å²) >= 11 is 0. The lowest BCUT2D eigenvalue weighted by molar-refractivity contribution is 0.0741. The van der Waals surface area contributed by atoms with E-state index in [1.54, 1.807) is 0 Å². The standard InChI is InChI=1S/C17H26N2O/c1-4-10-19(12-15-6-5-9-18-15)17(20)16-11-13(2)7-8-14(16)3/h7-8,11,15,18H,4-6,9-10,12H2,1-3H3. The number of carbonyl (C=O) groups is 1. The van der Waals surface area contributed by atoms with Gasteiger partial charge in [0.15, 0.2) is 0 Å². The van der Waals surface area contributed by atoms with E-state index < -0.39 is 0 Å². The zero-order valence-electron chi connectivity index (χ0n) is 12.9. The summed E-state index contributed by atoms with van der Waals surface area (Å²) in [6.07, 6.45) is 3.41. The highest BCUT2D eigenvalue weighted by Crippen LogP contribution is 2.15. The molecule has 3 heteroatoms. The number of benzene rings is 1. The molecule has 0 radical (unpaired) electrons. The average Bonchev–Trinajstić information content (AvgIpc) is 2.93. The molecule has 0 spiro atoms. The van der Waals surface area contributed by atoms with Gasteiger partial charge in [-0.3, -0.25) is 4.79 Å². The van der Waals surface area contributed by atoms with Crippen LogP contribution in [-0.2, 0) is 0 Å². The van der Waals surface area contributed by atoms with Gasteiger partial charge >= 0.3 is 0 Å². The van der Waals surface area contributed by atoms with Gasteiger partial charge in [0.05, 0.1) is 0 Å². The zero-order chi connectivity index (χ0) is 14.5. The van der Waals surface area contributed by atoms with Crippen molar-refractivity contribution in [3.8, 4) is 0 Å². The molecule has 1 unspecified atom stereocenters. The van der Waals surface area contributed by atoms with Gasteiger partial charge in [-0.15, -0.1) is 0 Å². The Labute approximate surface area is 122 Å². The maximum Gasteiger partial charge on any atom is 0.254 e. The Morgan fingerprint density at radius 2 is 2.20 bits per heavy atom. The molecule has 2 rings (SSSR count). The zero-order valence-corrected chi connectivity index (χ0v) is 12.9. The predicted molar refractivity (Wildman–Crippen MR) is 83.1 cm³/mol. The van der Waals surface area contributed by atoms with Crippen LogP contribution < -0.4 is 5.32 Å². The van der Waals surface area contributed by atoms with Gasteiger partial charge in [0, 0.05) is 24.7 Å². The lowest BCUT2D eigenvalue weighted by Gasteiger charge is -2.26. The van der Waals surface area contributed by atoms with Crippen molar-refractivity contribution < 1.29 is 4.79 Å². The Balaban J connectivity index is 2.14. The van der Waals surface area contributed by atoms with Crippen LogP contribution >= 0.6 is 0 Å². The first kappa shape index (κ1) is 15.0. The fourth-order valence-corrected chi connectivity index (χ4v) is 2.86. The van der Waals surface area contributed by atoms with Crippen LogP contribution in [0.4, 0.5) is 0 Å². The Morgan fingerprint density at radius 1 is 1.40 bits per heavy atom. The normalized spacial score (nSPS) is 18.2. The summed E-state index contributed by atoms with van der Waals surface area (Å²) in [6.45, 7) is 8.95. The van der Waals surface area contributed by atoms with Gasteiger partial charge in [-0.1, -0.05) is 24.6 Å². The molecule has 1 aliphatic rings. The van der Waals surface area contributed by atoms with Gasteiger partial charge in [0.2, 0.25) is 0 Å². The lowest BCUT2D eigenvalue weighted by Crippen LogP contribution is -2.41. The molecule has 20 heavy (non-hydrogen) atoms. The molecule has 1 fully saturated rings. The van der Waals surface area contributed by atoms with Gasteiger partial charge in [-0.2, -0.15) is 0 Å². The van der Waals surface area contributed by atoms with Crippen molar-refractivity contribution in [3.63, 3.8) is 0 Å². The van der Waals surface area contributed by atoms with E-state index in [0.29, 0.717) is 6.04 Å². The fraction of sp³-hybridized carbons (Fsp3) is 0.588. The van der Waals surface area contributed by atoms with Crippen molar-refractivity contribution in [1.29, 1.82) is 0 Å². The largest absolute Gasteiger partial charge is 0.337 e. The molecule has 1 N–H and O–H groups in total. The Hall–Kier alpha value is -1.35. The number of nitrogens with one attached hydrogen (secondary N) is 1. The van der Waals surface area contributed by atoms with Gasteiger partial charge in [-0.05, 0) is 51.3 Å². The Bertz CT molecular complexity index is 464. The first-order valence-corrected chi connectivity index (χ1v) is 7.71. The second-order valence-electron chi connectivity index (χ2n) is 5.86. The summed E-state index contributed by atoms with van der Waals surface area (Å²) < 4.78 is 0. The van der Waals surface area contributed by atoms with E-state index in [0.717, 1.165) is 42.7 Å². The first-order chi connectivity index (χ1) is 9.61. The summed E-state index contributed by atoms with van der Waals surface area (Å²) in [7, 11) is 0. The summed E-state index contributed by atoms with van der Waals surface area (Å²) in [6, 6.07) is 6.59. The third kappa shape index (κ3) is 3.60. The third-order valence-electron chi connectivity index (χ3n) is 4.01. The number of nitrogens with zero attached hydrogens (tertiary/aromatic N) is 1. The van der Waals surface area contributed by atoms with E-state index in [-0.39, 0.29) is 5.91 Å². The SMILES string of the molecule is CCCN(CC1CCCN1)C(=O)c1cc(C)ccc1C. The molecule has 0 aliphatic carbocycles. The lowest BCUT2D eigenvalue weighted by atomic mass is 10.0. The molecule has 1 saturated heterocycles. The van der Waals surface area contributed by atoms with Crippen molar-refractivity contribution in [3.05, 3.63) is 34.9 Å². The van der Waals surface area contributed by atoms with Crippen LogP contribution in [0.2, 0.25) is 0 Å². The van der Waals surface area contributed by atoms with Crippen LogP contribution in [0, 0.1) is 13.8 Å². The van der Waals surface area contributed by atoms with Crippen molar-refractivity contribution in [2.75, 3.05) is 19.6 Å². The van der Waals surface area contributed by atoms with Crippen molar-refractivity contribution in [2.45, 2.75) is 46.1 Å². The molecule has 0 bridgehead atoms. The highest BCUT2D eigenvalue weighted by molar-refractivity contribution is 5.95. The topological polar surface area (TPSA) is 32.3 Å². The highest BCUT2D eigenvalue weighted by atomic mass is 16.2. The molecule has 3 nitrogen and oxygen atoms in total. The van der Waals surface area contributed by atoms with Crippen LogP contribution in [0.5, 0.6) is 0 Å². The number of amides is 1. The number of aryl methyl sites for hydroxylation is 2. The Morgan fingerprint density at radius 3 is 2.85 bits per heavy atom. The Kier molecular flexibility index (Phi) is 5.18. The highest BCUT2D eigenvalue weighted by Gasteiger charge is 2.22. The van der Waals surface area contributed by atoms with E-state index >= 15 is 0 Å². The van der Waals surface area contributed by atoms with E-state index in [1.165, 1.54) is 12.8 Å². The molecule has 0 aromatic heterocycles. The van der Waals surface area contributed by atoms with Crippen LogP contribution in [0.1, 0.15) is 47.7 Å². The molecule has 1 aromatic rings. The van der Waals surface area contributed by atoms with Gasteiger partial charge in [0.25, 0.3) is 5.91 Å². The monoisotopic (exact) mass is 274 g/mol. The maximum absolute atomic E-state index is 12.8. The quantitative estimate of drug-likeness (QED) is 0.895. The van der Waals surface area contributed by atoms with E-state index in [9.17, 15) is 4.79 Å². The molecule has 0 saturated carbocycles. The molecule has 1 atom stereocenters. The second kappa shape index (κ2) is 6.89. The summed E-state index contributed by atoms with van der Waals surface area (Å²) in [5.41, 5.74) is 3.08. The predicted octanol–water partition coefficient (Wildman–Crippen LogP) is 2.91. The summed E-state index contributed by atoms with van der Waals surface area (Å²) in [5, 5.41) is 3.48. The van der Waals surface area contributed by atoms with E-state index in [4.69, 9.17) is 0 Å². The first-order valence-electron chi connectivity index (χ1n) is 7.71. The van der Waals surface area contributed by atoms with Crippen LogP contribution in [-0.4, -0.2) is 36.5 Å². The summed E-state index contributed by atoms with van der Waals surface area (Å²) in [4.78, 5) is 14.8. The molecule has 1 amide bonds. The second-order valence-corrected chi connectivity index (χ2v) is 5.86.